The van der Waals surface area contributed by atoms with E-state index in [1.165, 1.54) is 20.3 Å². The van der Waals surface area contributed by atoms with E-state index in [4.69, 9.17) is 15.2 Å². The Balaban J connectivity index is 2.50. The third-order valence-corrected chi connectivity index (χ3v) is 4.18. The van der Waals surface area contributed by atoms with Gasteiger partial charge in [0.2, 0.25) is 0 Å². The molecule has 0 spiro atoms. The van der Waals surface area contributed by atoms with Gasteiger partial charge in [-0.25, -0.2) is 0 Å². The Morgan fingerprint density at radius 2 is 1.86 bits per heavy atom. The summed E-state index contributed by atoms with van der Waals surface area (Å²) in [6.07, 6.45) is -3.70. The lowest BCUT2D eigenvalue weighted by Crippen LogP contribution is -2.21. The number of methoxy groups -OCH3 is 2. The van der Waals surface area contributed by atoms with E-state index in [1.54, 1.807) is 0 Å². The molecule has 0 radical (unpaired) electrons. The van der Waals surface area contributed by atoms with E-state index in [0.29, 0.717) is 18.0 Å². The zero-order chi connectivity index (χ0) is 16.5. The maximum atomic E-state index is 13.1. The van der Waals surface area contributed by atoms with Gasteiger partial charge < -0.3 is 15.2 Å². The van der Waals surface area contributed by atoms with Crippen LogP contribution in [0, 0.1) is 5.92 Å². The van der Waals surface area contributed by atoms with E-state index in [0.717, 1.165) is 19.0 Å². The zero-order valence-electron chi connectivity index (χ0n) is 12.9. The van der Waals surface area contributed by atoms with E-state index in [9.17, 15) is 13.2 Å². The summed E-state index contributed by atoms with van der Waals surface area (Å²) in [6.45, 7) is 1.37. The monoisotopic (exact) mass is 318 g/mol. The maximum absolute atomic E-state index is 13.1. The summed E-state index contributed by atoms with van der Waals surface area (Å²) in [5, 5.41) is 0. The van der Waals surface area contributed by atoms with Crippen LogP contribution in [0.1, 0.15) is 23.6 Å². The summed E-state index contributed by atoms with van der Waals surface area (Å²) in [5.74, 6) is 0.205. The molecule has 7 heteroatoms. The van der Waals surface area contributed by atoms with Crippen LogP contribution in [0.15, 0.2) is 12.1 Å². The van der Waals surface area contributed by atoms with Crippen LogP contribution in [0.5, 0.6) is 11.5 Å². The zero-order valence-corrected chi connectivity index (χ0v) is 12.9. The van der Waals surface area contributed by atoms with Gasteiger partial charge in [0.1, 0.15) is 5.56 Å². The van der Waals surface area contributed by atoms with Crippen LogP contribution in [0.4, 0.5) is 13.2 Å². The number of likely N-dealkylation sites (tertiary alicyclic amines) is 1. The smallest absolute Gasteiger partial charge is 0.420 e. The number of hydrogen-bond donors (Lipinski definition) is 1. The van der Waals surface area contributed by atoms with Crippen LogP contribution >= 0.6 is 0 Å². The van der Waals surface area contributed by atoms with E-state index in [-0.39, 0.29) is 17.5 Å². The fourth-order valence-corrected chi connectivity index (χ4v) is 3.12. The summed E-state index contributed by atoms with van der Waals surface area (Å²) < 4.78 is 49.5. The van der Waals surface area contributed by atoms with Gasteiger partial charge in [-0.15, -0.1) is 0 Å². The molecule has 0 amide bonds. The van der Waals surface area contributed by atoms with Gasteiger partial charge in [0.05, 0.1) is 14.2 Å². The molecule has 0 aromatic heterocycles. The molecule has 1 aliphatic heterocycles. The molecule has 2 N–H and O–H groups in total. The second-order valence-electron chi connectivity index (χ2n) is 5.56. The number of rotatable bonds is 4. The minimum atomic E-state index is -4.49. The fraction of sp³-hybridized carbons (Fsp3) is 0.600. The molecule has 2 atom stereocenters. The molecule has 0 aliphatic carbocycles. The van der Waals surface area contributed by atoms with Gasteiger partial charge in [-0.1, -0.05) is 6.07 Å². The average molecular weight is 318 g/mol. The van der Waals surface area contributed by atoms with Gasteiger partial charge in [0, 0.05) is 18.2 Å². The highest BCUT2D eigenvalue weighted by atomic mass is 19.4. The lowest BCUT2D eigenvalue weighted by molar-refractivity contribution is -0.138. The van der Waals surface area contributed by atoms with Crippen LogP contribution < -0.4 is 15.2 Å². The Bertz CT molecular complexity index is 534. The van der Waals surface area contributed by atoms with Gasteiger partial charge in [-0.3, -0.25) is 4.90 Å². The van der Waals surface area contributed by atoms with Crippen molar-refractivity contribution in [2.24, 2.45) is 11.7 Å². The minimum absolute atomic E-state index is 0.0281. The molecule has 22 heavy (non-hydrogen) atoms. The average Bonchev–Trinajstić information content (AvgIpc) is 2.85. The van der Waals surface area contributed by atoms with Crippen LogP contribution in [0.3, 0.4) is 0 Å². The highest BCUT2D eigenvalue weighted by Gasteiger charge is 2.39. The van der Waals surface area contributed by atoms with Crippen LogP contribution in [0.25, 0.3) is 0 Å². The van der Waals surface area contributed by atoms with Crippen molar-refractivity contribution in [1.29, 1.82) is 0 Å². The van der Waals surface area contributed by atoms with E-state index in [1.807, 2.05) is 7.05 Å². The molecule has 0 saturated carbocycles. The molecular weight excluding hydrogens is 297 g/mol. The molecule has 2 rings (SSSR count). The van der Waals surface area contributed by atoms with Crippen molar-refractivity contribution in [1.82, 2.24) is 4.90 Å². The first-order valence-electron chi connectivity index (χ1n) is 7.05. The Hall–Kier alpha value is -1.47. The first-order chi connectivity index (χ1) is 10.3. The second kappa shape index (κ2) is 6.34. The van der Waals surface area contributed by atoms with Gasteiger partial charge in [0.25, 0.3) is 0 Å². The summed E-state index contributed by atoms with van der Waals surface area (Å²) >= 11 is 0. The van der Waals surface area contributed by atoms with Gasteiger partial charge in [-0.2, -0.15) is 13.2 Å². The Morgan fingerprint density at radius 3 is 2.32 bits per heavy atom. The molecule has 1 aliphatic rings. The topological polar surface area (TPSA) is 47.7 Å². The second-order valence-corrected chi connectivity index (χ2v) is 5.56. The number of hydrogen-bond acceptors (Lipinski definition) is 4. The molecule has 124 valence electrons. The lowest BCUT2D eigenvalue weighted by atomic mass is 9.97. The van der Waals surface area contributed by atoms with Gasteiger partial charge in [-0.05, 0) is 32.0 Å². The largest absolute Gasteiger partial charge is 0.492 e. The molecule has 1 aromatic carbocycles. The molecular formula is C15H21F3N2O2. The third-order valence-electron chi connectivity index (χ3n) is 4.18. The summed E-state index contributed by atoms with van der Waals surface area (Å²) in [5.41, 5.74) is 5.59. The Kier molecular flexibility index (Phi) is 4.87. The highest BCUT2D eigenvalue weighted by molar-refractivity contribution is 5.54. The van der Waals surface area contributed by atoms with E-state index in [2.05, 4.69) is 4.90 Å². The number of ether oxygens (including phenoxy) is 2. The van der Waals surface area contributed by atoms with Crippen molar-refractivity contribution in [3.63, 3.8) is 0 Å². The Morgan fingerprint density at radius 1 is 1.23 bits per heavy atom. The standard InChI is InChI=1S/C15H21F3N2O2/c1-20-8-9(7-19)6-12(20)10-4-5-11(15(16,17)18)14(22-3)13(10)21-2/h4-5,9,12H,6-8,19H2,1-3H3. The quantitative estimate of drug-likeness (QED) is 0.927. The molecule has 1 saturated heterocycles. The van der Waals surface area contributed by atoms with Crippen molar-refractivity contribution in [2.75, 3.05) is 34.4 Å². The fourth-order valence-electron chi connectivity index (χ4n) is 3.12. The highest BCUT2D eigenvalue weighted by Crippen LogP contribution is 2.47. The van der Waals surface area contributed by atoms with E-state index >= 15 is 0 Å². The van der Waals surface area contributed by atoms with Crippen molar-refractivity contribution in [3.05, 3.63) is 23.3 Å². The predicted octanol–water partition coefficient (Wildman–Crippen LogP) is 2.67. The summed E-state index contributed by atoms with van der Waals surface area (Å²) in [6, 6.07) is 2.50. The number of benzene rings is 1. The number of halogens is 3. The SMILES string of the molecule is COc1c(C2CC(CN)CN2C)ccc(C(F)(F)F)c1OC. The summed E-state index contributed by atoms with van der Waals surface area (Å²) in [7, 11) is 4.51. The van der Waals surface area contributed by atoms with Crippen molar-refractivity contribution in [2.45, 2.75) is 18.6 Å². The van der Waals surface area contributed by atoms with Gasteiger partial charge >= 0.3 is 6.18 Å². The maximum Gasteiger partial charge on any atom is 0.420 e. The normalized spacial score (nSPS) is 22.9. The number of nitrogens with two attached hydrogens (primary N) is 1. The predicted molar refractivity (Wildman–Crippen MR) is 77.1 cm³/mol. The van der Waals surface area contributed by atoms with Crippen LogP contribution in [-0.4, -0.2) is 39.3 Å². The van der Waals surface area contributed by atoms with Crippen molar-refractivity contribution >= 4 is 0 Å². The first kappa shape index (κ1) is 16.9. The Labute approximate surface area is 128 Å². The number of nitrogens with zero attached hydrogens (tertiary/aromatic N) is 1. The lowest BCUT2D eigenvalue weighted by Gasteiger charge is -2.24. The molecule has 1 aromatic rings. The molecule has 4 nitrogen and oxygen atoms in total. The molecule has 1 heterocycles. The van der Waals surface area contributed by atoms with Crippen LogP contribution in [-0.2, 0) is 6.18 Å². The molecule has 0 bridgehead atoms. The first-order valence-corrected chi connectivity index (χ1v) is 7.05. The van der Waals surface area contributed by atoms with Crippen molar-refractivity contribution in [3.8, 4) is 11.5 Å². The molecule has 1 fully saturated rings. The minimum Gasteiger partial charge on any atom is -0.492 e. The van der Waals surface area contributed by atoms with Crippen molar-refractivity contribution < 1.29 is 22.6 Å². The summed E-state index contributed by atoms with van der Waals surface area (Å²) in [4.78, 5) is 2.09. The third kappa shape index (κ3) is 3.01. The van der Waals surface area contributed by atoms with E-state index < -0.39 is 11.7 Å². The van der Waals surface area contributed by atoms with Gasteiger partial charge in [0.15, 0.2) is 11.5 Å². The van der Waals surface area contributed by atoms with Crippen LogP contribution in [0.2, 0.25) is 0 Å². The molecule has 2 unspecified atom stereocenters. The number of alkyl halides is 3.